The molecule has 0 saturated heterocycles. The van der Waals surface area contributed by atoms with Gasteiger partial charge in [0.1, 0.15) is 5.00 Å². The third-order valence-electron chi connectivity index (χ3n) is 1.60. The molecular formula is C7H12N2O2S2. The third-order valence-corrected chi connectivity index (χ3v) is 3.79. The number of nitrogens with one attached hydrogen (secondary N) is 1. The predicted octanol–water partition coefficient (Wildman–Crippen LogP) is 1.47. The molecule has 0 bridgehead atoms. The summed E-state index contributed by atoms with van der Waals surface area (Å²) in [6.07, 6.45) is 0.741. The summed E-state index contributed by atoms with van der Waals surface area (Å²) in [4.78, 5) is 4.04. The van der Waals surface area contributed by atoms with Crippen molar-refractivity contribution >= 4 is 26.4 Å². The average Bonchev–Trinajstić information content (AvgIpc) is 2.51. The van der Waals surface area contributed by atoms with Gasteiger partial charge < -0.3 is 0 Å². The van der Waals surface area contributed by atoms with Crippen LogP contribution in [0.2, 0.25) is 0 Å². The zero-order chi connectivity index (χ0) is 9.90. The quantitative estimate of drug-likeness (QED) is 0.836. The molecule has 0 spiro atoms. The number of hydrogen-bond acceptors (Lipinski definition) is 4. The molecule has 0 fully saturated rings. The van der Waals surface area contributed by atoms with Crippen LogP contribution in [-0.4, -0.2) is 19.2 Å². The lowest BCUT2D eigenvalue weighted by molar-refractivity contribution is 0.602. The van der Waals surface area contributed by atoms with Crippen molar-refractivity contribution in [3.8, 4) is 0 Å². The summed E-state index contributed by atoms with van der Waals surface area (Å²) < 4.78 is 24.9. The molecule has 1 N–H and O–H groups in total. The van der Waals surface area contributed by atoms with Crippen LogP contribution >= 0.6 is 11.3 Å². The van der Waals surface area contributed by atoms with Crippen molar-refractivity contribution in [2.75, 3.05) is 10.5 Å². The van der Waals surface area contributed by atoms with Crippen molar-refractivity contribution in [2.24, 2.45) is 0 Å². The number of nitrogens with zero attached hydrogens (tertiary/aromatic N) is 1. The Morgan fingerprint density at radius 2 is 2.23 bits per heavy atom. The van der Waals surface area contributed by atoms with E-state index in [1.807, 2.05) is 6.92 Å². The molecule has 6 heteroatoms. The monoisotopic (exact) mass is 220 g/mol. The van der Waals surface area contributed by atoms with E-state index in [-0.39, 0.29) is 5.75 Å². The van der Waals surface area contributed by atoms with Crippen LogP contribution in [0, 0.1) is 0 Å². The van der Waals surface area contributed by atoms with Crippen LogP contribution in [0.5, 0.6) is 0 Å². The Bertz CT molecular complexity index is 370. The Hall–Kier alpha value is -0.620. The van der Waals surface area contributed by atoms with Gasteiger partial charge in [-0.05, 0) is 13.3 Å². The summed E-state index contributed by atoms with van der Waals surface area (Å²) in [6.45, 7) is 3.55. The summed E-state index contributed by atoms with van der Waals surface area (Å²) in [5, 5.41) is 0.643. The van der Waals surface area contributed by atoms with E-state index in [2.05, 4.69) is 9.71 Å². The van der Waals surface area contributed by atoms with Gasteiger partial charge in [0.15, 0.2) is 0 Å². The average molecular weight is 220 g/mol. The highest BCUT2D eigenvalue weighted by molar-refractivity contribution is 7.92. The maximum Gasteiger partial charge on any atom is 0.233 e. The van der Waals surface area contributed by atoms with E-state index in [9.17, 15) is 8.42 Å². The van der Waals surface area contributed by atoms with Crippen molar-refractivity contribution < 1.29 is 8.42 Å². The maximum atomic E-state index is 11.2. The molecule has 1 aromatic heterocycles. The molecule has 0 radical (unpaired) electrons. The minimum Gasteiger partial charge on any atom is -0.273 e. The predicted molar refractivity (Wildman–Crippen MR) is 54.6 cm³/mol. The fourth-order valence-electron chi connectivity index (χ4n) is 0.818. The third kappa shape index (κ3) is 2.67. The van der Waals surface area contributed by atoms with Gasteiger partial charge in [0.25, 0.3) is 0 Å². The number of thiazole rings is 1. The van der Waals surface area contributed by atoms with Gasteiger partial charge in [-0.15, -0.1) is 11.3 Å². The van der Waals surface area contributed by atoms with E-state index in [0.29, 0.717) is 5.00 Å². The highest BCUT2D eigenvalue weighted by Gasteiger charge is 2.11. The highest BCUT2D eigenvalue weighted by atomic mass is 32.2. The number of hydrogen-bond donors (Lipinski definition) is 1. The molecule has 0 unspecified atom stereocenters. The van der Waals surface area contributed by atoms with Crippen molar-refractivity contribution in [1.82, 2.24) is 4.98 Å². The van der Waals surface area contributed by atoms with Crippen LogP contribution in [0.3, 0.4) is 0 Å². The second kappa shape index (κ2) is 4.06. The molecule has 74 valence electrons. The molecule has 0 aromatic carbocycles. The van der Waals surface area contributed by atoms with Gasteiger partial charge in [0, 0.05) is 0 Å². The van der Waals surface area contributed by atoms with Gasteiger partial charge in [-0.25, -0.2) is 13.4 Å². The van der Waals surface area contributed by atoms with Gasteiger partial charge in [0.05, 0.1) is 17.0 Å². The first-order chi connectivity index (χ1) is 6.09. The number of aromatic nitrogens is 1. The van der Waals surface area contributed by atoms with Crippen LogP contribution in [-0.2, 0) is 16.4 Å². The molecule has 4 nitrogen and oxygen atoms in total. The zero-order valence-electron chi connectivity index (χ0n) is 7.57. The number of aryl methyl sites for hydroxylation is 1. The molecule has 0 saturated carbocycles. The van der Waals surface area contributed by atoms with Gasteiger partial charge in [-0.2, -0.15) is 0 Å². The summed E-state index contributed by atoms with van der Waals surface area (Å²) in [6, 6.07) is 0. The minimum absolute atomic E-state index is 0.0913. The molecule has 0 aliphatic carbocycles. The fourth-order valence-corrected chi connectivity index (χ4v) is 2.55. The number of anilines is 1. The van der Waals surface area contributed by atoms with E-state index in [4.69, 9.17) is 0 Å². The maximum absolute atomic E-state index is 11.2. The van der Waals surface area contributed by atoms with E-state index in [0.717, 1.165) is 12.1 Å². The lowest BCUT2D eigenvalue weighted by Gasteiger charge is -2.03. The van der Waals surface area contributed by atoms with E-state index in [1.165, 1.54) is 11.3 Å². The van der Waals surface area contributed by atoms with E-state index >= 15 is 0 Å². The van der Waals surface area contributed by atoms with Gasteiger partial charge >= 0.3 is 0 Å². The molecule has 0 amide bonds. The Morgan fingerprint density at radius 3 is 2.77 bits per heavy atom. The lowest BCUT2D eigenvalue weighted by Crippen LogP contribution is -2.14. The van der Waals surface area contributed by atoms with Crippen molar-refractivity contribution in [3.63, 3.8) is 0 Å². The van der Waals surface area contributed by atoms with Crippen molar-refractivity contribution in [2.45, 2.75) is 20.3 Å². The standard InChI is InChI=1S/C7H12N2O2S2/c1-3-6-7(12-5-8-6)9-13(10,11)4-2/h5,9H,3-4H2,1-2H3. The summed E-state index contributed by atoms with van der Waals surface area (Å²) in [7, 11) is -3.15. The molecule has 0 aliphatic rings. The van der Waals surface area contributed by atoms with Crippen LogP contribution in [0.1, 0.15) is 19.5 Å². The van der Waals surface area contributed by atoms with Crippen LogP contribution in [0.15, 0.2) is 5.51 Å². The number of rotatable bonds is 4. The van der Waals surface area contributed by atoms with Crippen molar-refractivity contribution in [3.05, 3.63) is 11.2 Å². The lowest BCUT2D eigenvalue weighted by atomic mass is 10.4. The molecule has 0 aliphatic heterocycles. The van der Waals surface area contributed by atoms with Crippen LogP contribution < -0.4 is 4.72 Å². The largest absolute Gasteiger partial charge is 0.273 e. The molecule has 13 heavy (non-hydrogen) atoms. The summed E-state index contributed by atoms with van der Waals surface area (Å²) >= 11 is 1.31. The Labute approximate surface area is 82.1 Å². The summed E-state index contributed by atoms with van der Waals surface area (Å²) in [5.74, 6) is 0.0913. The summed E-state index contributed by atoms with van der Waals surface area (Å²) in [5.41, 5.74) is 2.45. The second-order valence-electron chi connectivity index (χ2n) is 2.49. The van der Waals surface area contributed by atoms with E-state index < -0.39 is 10.0 Å². The molecule has 0 atom stereocenters. The highest BCUT2D eigenvalue weighted by Crippen LogP contribution is 2.21. The van der Waals surface area contributed by atoms with E-state index in [1.54, 1.807) is 12.4 Å². The molecular weight excluding hydrogens is 208 g/mol. The minimum atomic E-state index is -3.15. The van der Waals surface area contributed by atoms with Crippen LogP contribution in [0.4, 0.5) is 5.00 Å². The van der Waals surface area contributed by atoms with Gasteiger partial charge in [-0.1, -0.05) is 6.92 Å². The van der Waals surface area contributed by atoms with Gasteiger partial charge in [0.2, 0.25) is 10.0 Å². The second-order valence-corrected chi connectivity index (χ2v) is 5.35. The number of sulfonamides is 1. The zero-order valence-corrected chi connectivity index (χ0v) is 9.20. The Morgan fingerprint density at radius 1 is 1.54 bits per heavy atom. The van der Waals surface area contributed by atoms with Crippen LogP contribution in [0.25, 0.3) is 0 Å². The first kappa shape index (κ1) is 10.5. The molecule has 1 aromatic rings. The molecule has 1 rings (SSSR count). The van der Waals surface area contributed by atoms with Gasteiger partial charge in [-0.3, -0.25) is 4.72 Å². The first-order valence-corrected chi connectivity index (χ1v) is 6.55. The smallest absolute Gasteiger partial charge is 0.233 e. The van der Waals surface area contributed by atoms with Crippen molar-refractivity contribution in [1.29, 1.82) is 0 Å². The molecule has 1 heterocycles. The first-order valence-electron chi connectivity index (χ1n) is 4.02. The fraction of sp³-hybridized carbons (Fsp3) is 0.571. The normalized spacial score (nSPS) is 11.5. The Kier molecular flexibility index (Phi) is 3.27. The topological polar surface area (TPSA) is 59.1 Å². The Balaban J connectivity index is 2.86. The SMILES string of the molecule is CCc1ncsc1NS(=O)(=O)CC.